The maximum atomic E-state index is 13.6. The molecule has 3 rings (SSSR count). The van der Waals surface area contributed by atoms with E-state index in [-0.39, 0.29) is 23.6 Å². The van der Waals surface area contributed by atoms with Crippen LogP contribution < -0.4 is 20.9 Å². The van der Waals surface area contributed by atoms with E-state index in [0.717, 1.165) is 38.2 Å². The average Bonchev–Trinajstić information content (AvgIpc) is 2.76. The molecule has 30 heavy (non-hydrogen) atoms. The molecule has 0 saturated carbocycles. The molecule has 1 unspecified atom stereocenters. The van der Waals surface area contributed by atoms with Gasteiger partial charge in [-0.05, 0) is 50.5 Å². The van der Waals surface area contributed by atoms with E-state index >= 15 is 0 Å². The molecule has 3 N–H and O–H groups in total. The zero-order valence-corrected chi connectivity index (χ0v) is 17.3. The minimum absolute atomic E-state index is 0.0401. The zero-order valence-electron chi connectivity index (χ0n) is 17.3. The highest BCUT2D eigenvalue weighted by Gasteiger charge is 2.26. The predicted molar refractivity (Wildman–Crippen MR) is 116 cm³/mol. The van der Waals surface area contributed by atoms with Crippen LogP contribution in [0.5, 0.6) is 0 Å². The number of anilines is 3. The number of nitrogens with zero attached hydrogens (tertiary/aromatic N) is 2. The van der Waals surface area contributed by atoms with Gasteiger partial charge in [0.25, 0.3) is 0 Å². The number of hydrogen-bond donors (Lipinski definition) is 3. The topological polar surface area (TPSA) is 86.4 Å². The highest BCUT2D eigenvalue weighted by Crippen LogP contribution is 2.23. The lowest BCUT2D eigenvalue weighted by Gasteiger charge is -2.32. The number of nitrogens with one attached hydrogen (secondary N) is 3. The summed E-state index contributed by atoms with van der Waals surface area (Å²) in [5.41, 5.74) is 0.621. The number of rotatable bonds is 6. The highest BCUT2D eigenvalue weighted by molar-refractivity contribution is 5.99. The number of urea groups is 1. The summed E-state index contributed by atoms with van der Waals surface area (Å²) in [7, 11) is 0. The maximum absolute atomic E-state index is 13.6. The Bertz CT molecular complexity index is 866. The van der Waals surface area contributed by atoms with Crippen molar-refractivity contribution in [2.45, 2.75) is 39.2 Å². The number of halogens is 1. The second kappa shape index (κ2) is 10.0. The number of para-hydroxylation sites is 1. The first-order chi connectivity index (χ1) is 14.5. The largest absolute Gasteiger partial charge is 0.357 e. The molecule has 0 aliphatic carbocycles. The van der Waals surface area contributed by atoms with Crippen molar-refractivity contribution in [1.82, 2.24) is 10.3 Å². The van der Waals surface area contributed by atoms with Crippen molar-refractivity contribution < 1.29 is 14.0 Å². The molecule has 1 saturated heterocycles. The molecular weight excluding hydrogens is 385 g/mol. The van der Waals surface area contributed by atoms with Crippen LogP contribution >= 0.6 is 0 Å². The van der Waals surface area contributed by atoms with Crippen LogP contribution in [0.1, 0.15) is 33.1 Å². The van der Waals surface area contributed by atoms with Gasteiger partial charge in [-0.15, -0.1) is 0 Å². The van der Waals surface area contributed by atoms with Crippen molar-refractivity contribution in [3.63, 3.8) is 0 Å². The minimum atomic E-state index is -0.539. The standard InChI is InChI=1S/C22H28FN5O2/c1-3-15(2)25-21(29)16-10-12-28(13-11-16)20-9-8-17(14-24-20)26-22(30)27-19-7-5-4-6-18(19)23/h4-9,14-16H,3,10-13H2,1-2H3,(H,25,29)(H2,26,27,30). The van der Waals surface area contributed by atoms with Crippen molar-refractivity contribution in [1.29, 1.82) is 0 Å². The van der Waals surface area contributed by atoms with Gasteiger partial charge in [-0.3, -0.25) is 4.79 Å². The highest BCUT2D eigenvalue weighted by atomic mass is 19.1. The number of carbonyl (C=O) groups excluding carboxylic acids is 2. The van der Waals surface area contributed by atoms with Crippen LogP contribution in [0.2, 0.25) is 0 Å². The summed E-state index contributed by atoms with van der Waals surface area (Å²) < 4.78 is 13.6. The van der Waals surface area contributed by atoms with Crippen LogP contribution in [-0.2, 0) is 4.79 Å². The van der Waals surface area contributed by atoms with E-state index in [9.17, 15) is 14.0 Å². The number of pyridine rings is 1. The molecule has 2 heterocycles. The van der Waals surface area contributed by atoms with E-state index < -0.39 is 11.8 Å². The molecule has 2 aromatic rings. The van der Waals surface area contributed by atoms with E-state index in [1.165, 1.54) is 12.1 Å². The Hall–Kier alpha value is -3.16. The summed E-state index contributed by atoms with van der Waals surface area (Å²) in [4.78, 5) is 30.9. The van der Waals surface area contributed by atoms with Gasteiger partial charge in [-0.25, -0.2) is 14.2 Å². The van der Waals surface area contributed by atoms with Crippen molar-refractivity contribution in [2.75, 3.05) is 28.6 Å². The van der Waals surface area contributed by atoms with Gasteiger partial charge < -0.3 is 20.9 Å². The van der Waals surface area contributed by atoms with Crippen LogP contribution in [0.25, 0.3) is 0 Å². The van der Waals surface area contributed by atoms with E-state index in [1.807, 2.05) is 13.0 Å². The van der Waals surface area contributed by atoms with Crippen molar-refractivity contribution in [3.05, 3.63) is 48.4 Å². The molecule has 1 aromatic carbocycles. The van der Waals surface area contributed by atoms with E-state index in [2.05, 4.69) is 32.8 Å². The fourth-order valence-corrected chi connectivity index (χ4v) is 3.33. The SMILES string of the molecule is CCC(C)NC(=O)C1CCN(c2ccc(NC(=O)Nc3ccccc3F)cn2)CC1. The first kappa shape index (κ1) is 21.5. The van der Waals surface area contributed by atoms with Crippen LogP contribution in [0.15, 0.2) is 42.6 Å². The molecule has 1 aromatic heterocycles. The van der Waals surface area contributed by atoms with Gasteiger partial charge in [0.2, 0.25) is 5.91 Å². The predicted octanol–water partition coefficient (Wildman–Crippen LogP) is 4.00. The molecule has 1 atom stereocenters. The first-order valence-electron chi connectivity index (χ1n) is 10.3. The number of hydrogen-bond acceptors (Lipinski definition) is 4. The van der Waals surface area contributed by atoms with Crippen molar-refractivity contribution in [2.24, 2.45) is 5.92 Å². The Balaban J connectivity index is 1.49. The third-order valence-corrected chi connectivity index (χ3v) is 5.32. The summed E-state index contributed by atoms with van der Waals surface area (Å²) in [5, 5.41) is 8.17. The van der Waals surface area contributed by atoms with E-state index in [0.29, 0.717) is 5.69 Å². The fourth-order valence-electron chi connectivity index (χ4n) is 3.33. The first-order valence-corrected chi connectivity index (χ1v) is 10.3. The van der Waals surface area contributed by atoms with Crippen LogP contribution in [0.4, 0.5) is 26.4 Å². The molecule has 0 radical (unpaired) electrons. The Morgan fingerprint density at radius 2 is 1.90 bits per heavy atom. The molecule has 160 valence electrons. The Kier molecular flexibility index (Phi) is 7.21. The van der Waals surface area contributed by atoms with Crippen molar-refractivity contribution in [3.8, 4) is 0 Å². The molecular formula is C22H28FN5O2. The van der Waals surface area contributed by atoms with E-state index in [1.54, 1.807) is 24.4 Å². The van der Waals surface area contributed by atoms with Gasteiger partial charge in [-0.2, -0.15) is 0 Å². The van der Waals surface area contributed by atoms with Crippen LogP contribution in [0, 0.1) is 11.7 Å². The van der Waals surface area contributed by atoms with Gasteiger partial charge in [0.15, 0.2) is 0 Å². The molecule has 0 spiro atoms. The second-order valence-corrected chi connectivity index (χ2v) is 7.54. The van der Waals surface area contributed by atoms with Crippen molar-refractivity contribution >= 4 is 29.1 Å². The molecule has 8 heteroatoms. The monoisotopic (exact) mass is 413 g/mol. The summed E-state index contributed by atoms with van der Waals surface area (Å²) in [6.45, 7) is 5.59. The van der Waals surface area contributed by atoms with Gasteiger partial charge >= 0.3 is 6.03 Å². The second-order valence-electron chi connectivity index (χ2n) is 7.54. The Morgan fingerprint density at radius 1 is 1.17 bits per heavy atom. The molecule has 0 bridgehead atoms. The fraction of sp³-hybridized carbons (Fsp3) is 0.409. The Morgan fingerprint density at radius 3 is 2.53 bits per heavy atom. The molecule has 1 aliphatic rings. The minimum Gasteiger partial charge on any atom is -0.357 e. The number of amides is 3. The zero-order chi connectivity index (χ0) is 21.5. The molecule has 1 aliphatic heterocycles. The normalized spacial score (nSPS) is 15.4. The van der Waals surface area contributed by atoms with E-state index in [4.69, 9.17) is 0 Å². The summed E-state index contributed by atoms with van der Waals surface area (Å²) in [6.07, 6.45) is 4.06. The lowest BCUT2D eigenvalue weighted by atomic mass is 9.95. The molecule has 7 nitrogen and oxygen atoms in total. The van der Waals surface area contributed by atoms with Crippen LogP contribution in [0.3, 0.4) is 0 Å². The van der Waals surface area contributed by atoms with Gasteiger partial charge in [0.1, 0.15) is 11.6 Å². The number of carbonyl (C=O) groups is 2. The quantitative estimate of drug-likeness (QED) is 0.668. The summed E-state index contributed by atoms with van der Waals surface area (Å²) >= 11 is 0. The van der Waals surface area contributed by atoms with Gasteiger partial charge in [-0.1, -0.05) is 19.1 Å². The lowest BCUT2D eigenvalue weighted by molar-refractivity contribution is -0.126. The van der Waals surface area contributed by atoms with Crippen LogP contribution in [-0.4, -0.2) is 36.1 Å². The third-order valence-electron chi connectivity index (χ3n) is 5.32. The average molecular weight is 413 g/mol. The third kappa shape index (κ3) is 5.68. The lowest BCUT2D eigenvalue weighted by Crippen LogP contribution is -2.43. The molecule has 1 fully saturated rings. The maximum Gasteiger partial charge on any atom is 0.323 e. The Labute approximate surface area is 176 Å². The van der Waals surface area contributed by atoms with Gasteiger partial charge in [0.05, 0.1) is 17.6 Å². The number of aromatic nitrogens is 1. The smallest absolute Gasteiger partial charge is 0.323 e. The number of benzene rings is 1. The summed E-state index contributed by atoms with van der Waals surface area (Å²) in [6, 6.07) is 9.22. The van der Waals surface area contributed by atoms with Gasteiger partial charge in [0, 0.05) is 25.0 Å². The summed E-state index contributed by atoms with van der Waals surface area (Å²) in [5.74, 6) is 0.480. The molecule has 3 amide bonds. The number of piperidine rings is 1.